The van der Waals surface area contributed by atoms with Crippen LogP contribution in [0.25, 0.3) is 0 Å². The molecular weight excluding hydrogens is 204 g/mol. The largest absolute Gasteiger partial charge is 0.480 e. The summed E-state index contributed by atoms with van der Waals surface area (Å²) < 4.78 is 0. The van der Waals surface area contributed by atoms with Gasteiger partial charge in [-0.3, -0.25) is 14.5 Å². The van der Waals surface area contributed by atoms with Crippen molar-refractivity contribution in [1.29, 1.82) is 0 Å². The van der Waals surface area contributed by atoms with Crippen LogP contribution in [-0.4, -0.2) is 52.5 Å². The van der Waals surface area contributed by atoms with Gasteiger partial charge in [-0.25, -0.2) is 0 Å². The molecule has 80 valence electrons. The molecule has 0 aliphatic carbocycles. The number of carboxylic acids is 1. The highest BCUT2D eigenvalue weighted by atomic mass is 32.2. The minimum atomic E-state index is -0.818. The zero-order valence-corrected chi connectivity index (χ0v) is 8.63. The number of carbonyl (C=O) groups excluding carboxylic acids is 1. The molecule has 0 spiro atoms. The summed E-state index contributed by atoms with van der Waals surface area (Å²) >= 11 is 1.63. The van der Waals surface area contributed by atoms with Crippen molar-refractivity contribution in [2.24, 2.45) is 5.73 Å². The third-order valence-corrected chi connectivity index (χ3v) is 3.19. The number of nitrogens with zero attached hydrogens (tertiary/aromatic N) is 1. The number of hydrogen-bond donors (Lipinski definition) is 2. The molecule has 3 N–H and O–H groups in total. The molecule has 6 heteroatoms. The van der Waals surface area contributed by atoms with E-state index in [1.54, 1.807) is 11.8 Å². The van der Waals surface area contributed by atoms with Crippen LogP contribution in [-0.2, 0) is 9.59 Å². The second-order valence-electron chi connectivity index (χ2n) is 3.18. The normalized spacial score (nSPS) is 23.3. The maximum absolute atomic E-state index is 10.8. The Balaban J connectivity index is 2.45. The second kappa shape index (κ2) is 5.21. The highest BCUT2D eigenvalue weighted by Crippen LogP contribution is 2.16. The Morgan fingerprint density at radius 3 is 2.86 bits per heavy atom. The fourth-order valence-corrected chi connectivity index (χ4v) is 2.49. The van der Waals surface area contributed by atoms with Crippen LogP contribution >= 0.6 is 11.8 Å². The molecule has 0 bridgehead atoms. The van der Waals surface area contributed by atoms with Crippen LogP contribution in [0.1, 0.15) is 6.42 Å². The van der Waals surface area contributed by atoms with Gasteiger partial charge >= 0.3 is 5.97 Å². The van der Waals surface area contributed by atoms with Gasteiger partial charge in [-0.05, 0) is 0 Å². The highest BCUT2D eigenvalue weighted by Gasteiger charge is 2.28. The number of hydrogen-bond acceptors (Lipinski definition) is 4. The van der Waals surface area contributed by atoms with Gasteiger partial charge in [0.05, 0.1) is 0 Å². The molecule has 1 atom stereocenters. The van der Waals surface area contributed by atoms with Gasteiger partial charge in [0.2, 0.25) is 5.91 Å². The quantitative estimate of drug-likeness (QED) is 0.656. The summed E-state index contributed by atoms with van der Waals surface area (Å²) in [6.07, 6.45) is 0.231. The van der Waals surface area contributed by atoms with Crippen LogP contribution in [0.3, 0.4) is 0 Å². The van der Waals surface area contributed by atoms with Gasteiger partial charge in [-0.15, -0.1) is 0 Å². The van der Waals surface area contributed by atoms with Crippen LogP contribution in [0.5, 0.6) is 0 Å². The molecule has 0 saturated carbocycles. The van der Waals surface area contributed by atoms with E-state index in [1.807, 2.05) is 4.90 Å². The minimum Gasteiger partial charge on any atom is -0.480 e. The fraction of sp³-hybridized carbons (Fsp3) is 0.750. The first-order valence-electron chi connectivity index (χ1n) is 4.44. The Kier molecular flexibility index (Phi) is 4.21. The fourth-order valence-electron chi connectivity index (χ4n) is 1.39. The number of carboxylic acid groups (broad SMARTS) is 1. The number of carbonyl (C=O) groups is 2. The van der Waals surface area contributed by atoms with Crippen molar-refractivity contribution in [1.82, 2.24) is 4.90 Å². The van der Waals surface area contributed by atoms with Gasteiger partial charge in [0.15, 0.2) is 0 Å². The van der Waals surface area contributed by atoms with E-state index < -0.39 is 12.0 Å². The van der Waals surface area contributed by atoms with Crippen molar-refractivity contribution >= 4 is 23.6 Å². The second-order valence-corrected chi connectivity index (χ2v) is 4.33. The van der Waals surface area contributed by atoms with Crippen molar-refractivity contribution in [2.75, 3.05) is 24.6 Å². The van der Waals surface area contributed by atoms with Gasteiger partial charge in [-0.1, -0.05) is 0 Å². The third-order valence-electron chi connectivity index (χ3n) is 2.17. The van der Waals surface area contributed by atoms with E-state index in [0.717, 1.165) is 12.3 Å². The summed E-state index contributed by atoms with van der Waals surface area (Å²) in [5, 5.41) is 8.90. The maximum atomic E-state index is 10.8. The van der Waals surface area contributed by atoms with Gasteiger partial charge < -0.3 is 10.8 Å². The van der Waals surface area contributed by atoms with Crippen LogP contribution in [0.4, 0.5) is 0 Å². The van der Waals surface area contributed by atoms with E-state index >= 15 is 0 Å². The number of thioether (sulfide) groups is 1. The molecule has 1 aliphatic heterocycles. The standard InChI is InChI=1S/C8H14N2O3S/c9-7(11)1-2-10-3-4-14-5-6(10)8(12)13/h6H,1-5H2,(H2,9,11)(H,12,13). The van der Waals surface area contributed by atoms with E-state index in [-0.39, 0.29) is 12.3 Å². The lowest BCUT2D eigenvalue weighted by Crippen LogP contribution is -2.48. The SMILES string of the molecule is NC(=O)CCN1CCSCC1C(=O)O. The summed E-state index contributed by atoms with van der Waals surface area (Å²) in [5.41, 5.74) is 5.01. The Bertz CT molecular complexity index is 235. The summed E-state index contributed by atoms with van der Waals surface area (Å²) in [5.74, 6) is 0.311. The molecule has 1 saturated heterocycles. The Labute approximate surface area is 86.6 Å². The van der Waals surface area contributed by atoms with E-state index in [9.17, 15) is 9.59 Å². The molecule has 0 aromatic heterocycles. The van der Waals surface area contributed by atoms with Gasteiger partial charge in [0.25, 0.3) is 0 Å². The lowest BCUT2D eigenvalue weighted by molar-refractivity contribution is -0.142. The first kappa shape index (κ1) is 11.3. The number of amides is 1. The van der Waals surface area contributed by atoms with Crippen molar-refractivity contribution in [3.05, 3.63) is 0 Å². The van der Waals surface area contributed by atoms with E-state index in [0.29, 0.717) is 12.3 Å². The van der Waals surface area contributed by atoms with Crippen molar-refractivity contribution < 1.29 is 14.7 Å². The molecular formula is C8H14N2O3S. The number of primary amides is 1. The van der Waals surface area contributed by atoms with Crippen LogP contribution in [0.2, 0.25) is 0 Å². The van der Waals surface area contributed by atoms with Crippen LogP contribution in [0, 0.1) is 0 Å². The highest BCUT2D eigenvalue weighted by molar-refractivity contribution is 7.99. The topological polar surface area (TPSA) is 83.6 Å². The molecule has 1 unspecified atom stereocenters. The Hall–Kier alpha value is -0.750. The maximum Gasteiger partial charge on any atom is 0.321 e. The van der Waals surface area contributed by atoms with Crippen molar-refractivity contribution in [2.45, 2.75) is 12.5 Å². The molecule has 1 aliphatic rings. The van der Waals surface area contributed by atoms with Crippen LogP contribution < -0.4 is 5.73 Å². The zero-order valence-electron chi connectivity index (χ0n) is 7.81. The average Bonchev–Trinajstić information content (AvgIpc) is 2.15. The lowest BCUT2D eigenvalue weighted by atomic mass is 10.2. The summed E-state index contributed by atoms with van der Waals surface area (Å²) in [6, 6.07) is -0.465. The van der Waals surface area contributed by atoms with E-state index in [1.165, 1.54) is 0 Å². The van der Waals surface area contributed by atoms with Crippen molar-refractivity contribution in [3.63, 3.8) is 0 Å². The summed E-state index contributed by atoms with van der Waals surface area (Å²) in [7, 11) is 0. The molecule has 0 aromatic rings. The van der Waals surface area contributed by atoms with E-state index in [4.69, 9.17) is 10.8 Å². The Morgan fingerprint density at radius 1 is 1.57 bits per heavy atom. The molecule has 1 heterocycles. The van der Waals surface area contributed by atoms with Crippen LogP contribution in [0.15, 0.2) is 0 Å². The molecule has 1 amide bonds. The Morgan fingerprint density at radius 2 is 2.29 bits per heavy atom. The summed E-state index contributed by atoms with van der Waals surface area (Å²) in [4.78, 5) is 23.2. The number of aliphatic carboxylic acids is 1. The van der Waals surface area contributed by atoms with Gasteiger partial charge in [-0.2, -0.15) is 11.8 Å². The molecule has 1 fully saturated rings. The van der Waals surface area contributed by atoms with E-state index in [2.05, 4.69) is 0 Å². The predicted octanol–water partition coefficient (Wildman–Crippen LogP) is -0.636. The predicted molar refractivity (Wildman–Crippen MR) is 54.1 cm³/mol. The molecule has 5 nitrogen and oxygen atoms in total. The minimum absolute atomic E-state index is 0.231. The monoisotopic (exact) mass is 218 g/mol. The molecule has 14 heavy (non-hydrogen) atoms. The first-order valence-corrected chi connectivity index (χ1v) is 5.59. The number of rotatable bonds is 4. The third kappa shape index (κ3) is 3.19. The van der Waals surface area contributed by atoms with Gasteiger partial charge in [0.1, 0.15) is 6.04 Å². The number of nitrogens with two attached hydrogens (primary N) is 1. The molecule has 0 radical (unpaired) electrons. The molecule has 0 aromatic carbocycles. The average molecular weight is 218 g/mol. The van der Waals surface area contributed by atoms with Crippen molar-refractivity contribution in [3.8, 4) is 0 Å². The smallest absolute Gasteiger partial charge is 0.321 e. The summed E-state index contributed by atoms with van der Waals surface area (Å²) in [6.45, 7) is 1.17. The molecule has 1 rings (SSSR count). The lowest BCUT2D eigenvalue weighted by Gasteiger charge is -2.31. The first-order chi connectivity index (χ1) is 6.61. The zero-order chi connectivity index (χ0) is 10.6. The van der Waals surface area contributed by atoms with Gasteiger partial charge in [0, 0.05) is 31.0 Å².